The number of hydrogen-bond donors (Lipinski definition) is 1. The summed E-state index contributed by atoms with van der Waals surface area (Å²) in [7, 11) is 0. The van der Waals surface area contributed by atoms with E-state index in [1.54, 1.807) is 24.5 Å². The summed E-state index contributed by atoms with van der Waals surface area (Å²) in [5.41, 5.74) is 2.66. The van der Waals surface area contributed by atoms with Crippen LogP contribution in [0.4, 0.5) is 5.69 Å². The Morgan fingerprint density at radius 3 is 2.53 bits per heavy atom. The van der Waals surface area contributed by atoms with E-state index in [2.05, 4.69) is 36.3 Å². The zero-order valence-electron chi connectivity index (χ0n) is 11.3. The molecule has 0 saturated carbocycles. The summed E-state index contributed by atoms with van der Waals surface area (Å²) in [4.78, 5) is 15.9. The largest absolute Gasteiger partial charge is 0.322 e. The molecule has 3 nitrogen and oxygen atoms in total. The fourth-order valence-electron chi connectivity index (χ4n) is 1.90. The minimum Gasteiger partial charge on any atom is -0.322 e. The van der Waals surface area contributed by atoms with Crippen molar-refractivity contribution in [2.24, 2.45) is 5.92 Å². The highest BCUT2D eigenvalue weighted by molar-refractivity contribution is 6.03. The van der Waals surface area contributed by atoms with Crippen LogP contribution in [0.25, 0.3) is 0 Å². The summed E-state index contributed by atoms with van der Waals surface area (Å²) in [6, 6.07) is 11.5. The summed E-state index contributed by atoms with van der Waals surface area (Å²) in [5.74, 6) is 0.501. The van der Waals surface area contributed by atoms with Gasteiger partial charge in [0.1, 0.15) is 0 Å². The summed E-state index contributed by atoms with van der Waals surface area (Å²) in [6.07, 6.45) is 4.26. The number of pyridine rings is 1. The molecule has 1 N–H and O–H groups in total. The Morgan fingerprint density at radius 2 is 1.95 bits per heavy atom. The summed E-state index contributed by atoms with van der Waals surface area (Å²) in [5, 5.41) is 2.86. The topological polar surface area (TPSA) is 42.0 Å². The van der Waals surface area contributed by atoms with Crippen LogP contribution in [0.1, 0.15) is 29.8 Å². The maximum atomic E-state index is 11.9. The lowest BCUT2D eigenvalue weighted by atomic mass is 10.0. The van der Waals surface area contributed by atoms with Gasteiger partial charge in [0.05, 0.1) is 5.56 Å². The number of benzene rings is 1. The van der Waals surface area contributed by atoms with E-state index in [-0.39, 0.29) is 5.91 Å². The summed E-state index contributed by atoms with van der Waals surface area (Å²) < 4.78 is 0. The van der Waals surface area contributed by atoms with E-state index in [1.165, 1.54) is 5.56 Å². The zero-order valence-corrected chi connectivity index (χ0v) is 11.3. The summed E-state index contributed by atoms with van der Waals surface area (Å²) >= 11 is 0. The van der Waals surface area contributed by atoms with E-state index >= 15 is 0 Å². The van der Waals surface area contributed by atoms with Gasteiger partial charge in [-0.3, -0.25) is 9.78 Å². The third-order valence-corrected chi connectivity index (χ3v) is 2.78. The van der Waals surface area contributed by atoms with Gasteiger partial charge in [-0.2, -0.15) is 0 Å². The average Bonchev–Trinajstić information content (AvgIpc) is 2.41. The predicted octanol–water partition coefficient (Wildman–Crippen LogP) is 3.53. The highest BCUT2D eigenvalue weighted by atomic mass is 16.1. The van der Waals surface area contributed by atoms with Crippen LogP contribution in [0.5, 0.6) is 0 Å². The molecular formula is C16H18N2O. The van der Waals surface area contributed by atoms with E-state index in [1.807, 2.05) is 12.1 Å². The Balaban J connectivity index is 2.02. The average molecular weight is 254 g/mol. The normalized spacial score (nSPS) is 10.5. The van der Waals surface area contributed by atoms with Gasteiger partial charge in [-0.15, -0.1) is 0 Å². The van der Waals surface area contributed by atoms with Gasteiger partial charge < -0.3 is 5.32 Å². The molecule has 0 aliphatic carbocycles. The first-order chi connectivity index (χ1) is 9.15. The predicted molar refractivity (Wildman–Crippen MR) is 77.2 cm³/mol. The number of amides is 1. The van der Waals surface area contributed by atoms with Crippen molar-refractivity contribution in [2.75, 3.05) is 5.32 Å². The number of nitrogens with one attached hydrogen (secondary N) is 1. The Morgan fingerprint density at radius 1 is 1.21 bits per heavy atom. The van der Waals surface area contributed by atoms with Gasteiger partial charge in [-0.1, -0.05) is 26.0 Å². The molecule has 0 atom stereocenters. The molecule has 2 aromatic rings. The second-order valence-electron chi connectivity index (χ2n) is 4.99. The molecule has 1 heterocycles. The van der Waals surface area contributed by atoms with E-state index < -0.39 is 0 Å². The molecular weight excluding hydrogens is 236 g/mol. The lowest BCUT2D eigenvalue weighted by Crippen LogP contribution is -2.11. The van der Waals surface area contributed by atoms with Crippen molar-refractivity contribution in [1.29, 1.82) is 0 Å². The Bertz CT molecular complexity index is 532. The van der Waals surface area contributed by atoms with Crippen molar-refractivity contribution in [3.05, 3.63) is 59.9 Å². The molecule has 0 bridgehead atoms. The van der Waals surface area contributed by atoms with Gasteiger partial charge >= 0.3 is 0 Å². The molecule has 1 aromatic heterocycles. The monoisotopic (exact) mass is 254 g/mol. The highest BCUT2D eigenvalue weighted by Crippen LogP contribution is 2.14. The Labute approximate surface area is 113 Å². The van der Waals surface area contributed by atoms with E-state index in [0.29, 0.717) is 11.5 Å². The number of aromatic nitrogens is 1. The minimum atomic E-state index is -0.135. The zero-order chi connectivity index (χ0) is 13.7. The fraction of sp³-hybridized carbons (Fsp3) is 0.250. The molecule has 2 rings (SSSR count). The molecule has 0 fully saturated rings. The standard InChI is InChI=1S/C16H18N2O/c1-12(2)10-13-5-7-15(8-6-13)18-16(19)14-4-3-9-17-11-14/h3-9,11-12H,10H2,1-2H3,(H,18,19). The lowest BCUT2D eigenvalue weighted by Gasteiger charge is -2.08. The van der Waals surface area contributed by atoms with Crippen LogP contribution < -0.4 is 5.32 Å². The molecule has 98 valence electrons. The van der Waals surface area contributed by atoms with Gasteiger partial charge in [0.2, 0.25) is 0 Å². The molecule has 0 spiro atoms. The second kappa shape index (κ2) is 6.14. The summed E-state index contributed by atoms with van der Waals surface area (Å²) in [6.45, 7) is 4.39. The molecule has 0 radical (unpaired) electrons. The van der Waals surface area contributed by atoms with Crippen LogP contribution in [0.2, 0.25) is 0 Å². The third kappa shape index (κ3) is 3.91. The fourth-order valence-corrected chi connectivity index (χ4v) is 1.90. The van der Waals surface area contributed by atoms with Crippen LogP contribution in [0.3, 0.4) is 0 Å². The molecule has 19 heavy (non-hydrogen) atoms. The second-order valence-corrected chi connectivity index (χ2v) is 4.99. The molecule has 3 heteroatoms. The van der Waals surface area contributed by atoms with E-state index in [9.17, 15) is 4.79 Å². The Hall–Kier alpha value is -2.16. The van der Waals surface area contributed by atoms with Gasteiger partial charge in [-0.25, -0.2) is 0 Å². The third-order valence-electron chi connectivity index (χ3n) is 2.78. The first kappa shape index (κ1) is 13.3. The maximum Gasteiger partial charge on any atom is 0.257 e. The van der Waals surface area contributed by atoms with Gasteiger partial charge in [-0.05, 0) is 42.2 Å². The SMILES string of the molecule is CC(C)Cc1ccc(NC(=O)c2cccnc2)cc1. The molecule has 0 aliphatic rings. The maximum absolute atomic E-state index is 11.9. The van der Waals surface area contributed by atoms with Crippen molar-refractivity contribution < 1.29 is 4.79 Å². The smallest absolute Gasteiger partial charge is 0.257 e. The molecule has 0 saturated heterocycles. The first-order valence-corrected chi connectivity index (χ1v) is 6.45. The lowest BCUT2D eigenvalue weighted by molar-refractivity contribution is 0.102. The van der Waals surface area contributed by atoms with Crippen LogP contribution in [-0.2, 0) is 6.42 Å². The van der Waals surface area contributed by atoms with Gasteiger partial charge in [0.25, 0.3) is 5.91 Å². The van der Waals surface area contributed by atoms with E-state index in [4.69, 9.17) is 0 Å². The van der Waals surface area contributed by atoms with E-state index in [0.717, 1.165) is 12.1 Å². The molecule has 0 aliphatic heterocycles. The number of carbonyl (C=O) groups is 1. The number of hydrogen-bond acceptors (Lipinski definition) is 2. The van der Waals surface area contributed by atoms with Gasteiger partial charge in [0, 0.05) is 18.1 Å². The van der Waals surface area contributed by atoms with Crippen molar-refractivity contribution in [2.45, 2.75) is 20.3 Å². The number of nitrogens with zero attached hydrogens (tertiary/aromatic N) is 1. The van der Waals surface area contributed by atoms with Crippen molar-refractivity contribution in [3.8, 4) is 0 Å². The first-order valence-electron chi connectivity index (χ1n) is 6.45. The number of anilines is 1. The highest BCUT2D eigenvalue weighted by Gasteiger charge is 2.05. The van der Waals surface area contributed by atoms with Crippen molar-refractivity contribution in [1.82, 2.24) is 4.98 Å². The van der Waals surface area contributed by atoms with Gasteiger partial charge in [0.15, 0.2) is 0 Å². The minimum absolute atomic E-state index is 0.135. The van der Waals surface area contributed by atoms with Crippen LogP contribution in [-0.4, -0.2) is 10.9 Å². The van der Waals surface area contributed by atoms with Crippen LogP contribution >= 0.6 is 0 Å². The van der Waals surface area contributed by atoms with Crippen molar-refractivity contribution >= 4 is 11.6 Å². The number of rotatable bonds is 4. The Kier molecular flexibility index (Phi) is 4.29. The van der Waals surface area contributed by atoms with Crippen molar-refractivity contribution in [3.63, 3.8) is 0 Å². The molecule has 1 amide bonds. The number of carbonyl (C=O) groups excluding carboxylic acids is 1. The van der Waals surface area contributed by atoms with Crippen LogP contribution in [0.15, 0.2) is 48.8 Å². The molecule has 0 unspecified atom stereocenters. The van der Waals surface area contributed by atoms with Crippen LogP contribution in [0, 0.1) is 5.92 Å². The molecule has 1 aromatic carbocycles. The quantitative estimate of drug-likeness (QED) is 0.906.